The summed E-state index contributed by atoms with van der Waals surface area (Å²) in [6.45, 7) is 0. The van der Waals surface area contributed by atoms with Crippen LogP contribution in [0.2, 0.25) is 0 Å². The summed E-state index contributed by atoms with van der Waals surface area (Å²) in [4.78, 5) is 0. The Morgan fingerprint density at radius 2 is 1.09 bits per heavy atom. The zero-order chi connectivity index (χ0) is 15.5. The average Bonchev–Trinajstić information content (AvgIpc) is 3.09. The molecule has 0 heterocycles. The Kier molecular flexibility index (Phi) is 3.81. The number of rotatable bonds is 3. The molecule has 0 nitrogen and oxygen atoms in total. The second-order valence-corrected chi connectivity index (χ2v) is 6.22. The molecule has 1 aliphatic carbocycles. The molecule has 0 radical (unpaired) electrons. The Balaban J connectivity index is 1.75. The van der Waals surface area contributed by atoms with Crippen LogP contribution < -0.4 is 0 Å². The van der Waals surface area contributed by atoms with Crippen LogP contribution in [0.5, 0.6) is 0 Å². The Hall–Kier alpha value is -2.60. The molecule has 23 heavy (non-hydrogen) atoms. The second kappa shape index (κ2) is 6.26. The van der Waals surface area contributed by atoms with Crippen LogP contribution in [0.3, 0.4) is 0 Å². The molecule has 0 bridgehead atoms. The Labute approximate surface area is 138 Å². The standard InChI is InChI=1S/C23H20/c1-4-10-18(11-5-1)21-16-22(19-12-6-2-7-13-19)23(17-21)20-14-8-3-9-15-20/h1-16,22-23H,17H2. The molecule has 0 saturated carbocycles. The molecule has 2 unspecified atom stereocenters. The SMILES string of the molecule is C1=C(c2ccccc2)CC(c2ccccc2)C1c1ccccc1. The van der Waals surface area contributed by atoms with Crippen LogP contribution in [0.15, 0.2) is 97.1 Å². The lowest BCUT2D eigenvalue weighted by atomic mass is 9.83. The van der Waals surface area contributed by atoms with Crippen molar-refractivity contribution in [3.8, 4) is 0 Å². The summed E-state index contributed by atoms with van der Waals surface area (Å²) in [5, 5.41) is 0. The molecule has 2 atom stereocenters. The first kappa shape index (κ1) is 14.0. The summed E-state index contributed by atoms with van der Waals surface area (Å²) in [6, 6.07) is 32.6. The first-order valence-corrected chi connectivity index (χ1v) is 8.28. The van der Waals surface area contributed by atoms with Crippen LogP contribution >= 0.6 is 0 Å². The Morgan fingerprint density at radius 3 is 1.70 bits per heavy atom. The van der Waals surface area contributed by atoms with Gasteiger partial charge in [-0.1, -0.05) is 97.1 Å². The monoisotopic (exact) mass is 296 g/mol. The van der Waals surface area contributed by atoms with Gasteiger partial charge in [0.2, 0.25) is 0 Å². The predicted octanol–water partition coefficient (Wildman–Crippen LogP) is 6.04. The maximum atomic E-state index is 2.47. The van der Waals surface area contributed by atoms with Crippen LogP contribution in [0, 0.1) is 0 Å². The van der Waals surface area contributed by atoms with Crippen molar-refractivity contribution in [2.45, 2.75) is 18.3 Å². The van der Waals surface area contributed by atoms with Crippen molar-refractivity contribution in [1.29, 1.82) is 0 Å². The summed E-state index contributed by atoms with van der Waals surface area (Å²) < 4.78 is 0. The highest BCUT2D eigenvalue weighted by Gasteiger charge is 2.30. The maximum Gasteiger partial charge on any atom is 0.00959 e. The van der Waals surface area contributed by atoms with E-state index in [0.29, 0.717) is 11.8 Å². The molecule has 0 saturated heterocycles. The van der Waals surface area contributed by atoms with E-state index in [1.807, 2.05) is 0 Å². The molecule has 4 rings (SSSR count). The lowest BCUT2D eigenvalue weighted by Gasteiger charge is -2.20. The molecule has 112 valence electrons. The summed E-state index contributed by atoms with van der Waals surface area (Å²) in [5.74, 6) is 0.975. The Bertz CT molecular complexity index is 785. The third-order valence-corrected chi connectivity index (χ3v) is 4.81. The molecule has 0 heteroatoms. The summed E-state index contributed by atoms with van der Waals surface area (Å²) in [7, 11) is 0. The fourth-order valence-corrected chi connectivity index (χ4v) is 3.66. The van der Waals surface area contributed by atoms with Crippen LogP contribution in [-0.2, 0) is 0 Å². The first-order valence-electron chi connectivity index (χ1n) is 8.28. The predicted molar refractivity (Wildman–Crippen MR) is 97.4 cm³/mol. The van der Waals surface area contributed by atoms with Gasteiger partial charge in [0.05, 0.1) is 0 Å². The molecular formula is C23H20. The van der Waals surface area contributed by atoms with Crippen LogP contribution in [-0.4, -0.2) is 0 Å². The first-order chi connectivity index (χ1) is 11.4. The lowest BCUT2D eigenvalue weighted by Crippen LogP contribution is -2.04. The van der Waals surface area contributed by atoms with Crippen molar-refractivity contribution in [3.05, 3.63) is 114 Å². The molecule has 0 N–H and O–H groups in total. The van der Waals surface area contributed by atoms with Crippen molar-refractivity contribution in [2.75, 3.05) is 0 Å². The number of benzene rings is 3. The van der Waals surface area contributed by atoms with Gasteiger partial charge >= 0.3 is 0 Å². The van der Waals surface area contributed by atoms with E-state index in [4.69, 9.17) is 0 Å². The van der Waals surface area contributed by atoms with E-state index < -0.39 is 0 Å². The Morgan fingerprint density at radius 1 is 0.565 bits per heavy atom. The van der Waals surface area contributed by atoms with E-state index in [9.17, 15) is 0 Å². The van der Waals surface area contributed by atoms with Gasteiger partial charge in [0.1, 0.15) is 0 Å². The summed E-state index contributed by atoms with van der Waals surface area (Å²) >= 11 is 0. The van der Waals surface area contributed by atoms with Crippen molar-refractivity contribution in [2.24, 2.45) is 0 Å². The highest BCUT2D eigenvalue weighted by molar-refractivity contribution is 5.71. The number of hydrogen-bond donors (Lipinski definition) is 0. The third-order valence-electron chi connectivity index (χ3n) is 4.81. The van der Waals surface area contributed by atoms with Gasteiger partial charge in [-0.3, -0.25) is 0 Å². The van der Waals surface area contributed by atoms with Crippen LogP contribution in [0.4, 0.5) is 0 Å². The minimum atomic E-state index is 0.453. The van der Waals surface area contributed by atoms with E-state index >= 15 is 0 Å². The molecule has 3 aromatic carbocycles. The third kappa shape index (κ3) is 2.85. The minimum Gasteiger partial charge on any atom is -0.0725 e. The molecular weight excluding hydrogens is 276 g/mol. The number of hydrogen-bond acceptors (Lipinski definition) is 0. The normalized spacial score (nSPS) is 20.3. The summed E-state index contributed by atoms with van der Waals surface area (Å²) in [5.41, 5.74) is 5.66. The van der Waals surface area contributed by atoms with Crippen LogP contribution in [0.25, 0.3) is 5.57 Å². The maximum absolute atomic E-state index is 2.47. The highest BCUT2D eigenvalue weighted by atomic mass is 14.3. The molecule has 0 aliphatic heterocycles. The smallest absolute Gasteiger partial charge is 0.00959 e. The van der Waals surface area contributed by atoms with E-state index in [1.54, 1.807) is 0 Å². The van der Waals surface area contributed by atoms with Crippen molar-refractivity contribution >= 4 is 5.57 Å². The molecule has 3 aromatic rings. The van der Waals surface area contributed by atoms with Gasteiger partial charge in [0.15, 0.2) is 0 Å². The van der Waals surface area contributed by atoms with E-state index in [-0.39, 0.29) is 0 Å². The zero-order valence-electron chi connectivity index (χ0n) is 13.1. The topological polar surface area (TPSA) is 0 Å². The van der Waals surface area contributed by atoms with Gasteiger partial charge in [-0.2, -0.15) is 0 Å². The zero-order valence-corrected chi connectivity index (χ0v) is 13.1. The quantitative estimate of drug-likeness (QED) is 0.552. The molecule has 0 amide bonds. The van der Waals surface area contributed by atoms with Gasteiger partial charge in [0.25, 0.3) is 0 Å². The highest BCUT2D eigenvalue weighted by Crippen LogP contribution is 2.47. The van der Waals surface area contributed by atoms with Gasteiger partial charge in [0, 0.05) is 5.92 Å². The fourth-order valence-electron chi connectivity index (χ4n) is 3.66. The van der Waals surface area contributed by atoms with E-state index in [2.05, 4.69) is 97.1 Å². The van der Waals surface area contributed by atoms with E-state index in [1.165, 1.54) is 22.3 Å². The van der Waals surface area contributed by atoms with E-state index in [0.717, 1.165) is 6.42 Å². The van der Waals surface area contributed by atoms with Gasteiger partial charge in [-0.05, 0) is 34.6 Å². The lowest BCUT2D eigenvalue weighted by molar-refractivity contribution is 0.668. The molecule has 0 fully saturated rings. The van der Waals surface area contributed by atoms with Crippen molar-refractivity contribution in [1.82, 2.24) is 0 Å². The van der Waals surface area contributed by atoms with Crippen LogP contribution in [0.1, 0.15) is 34.9 Å². The fraction of sp³-hybridized carbons (Fsp3) is 0.130. The summed E-state index contributed by atoms with van der Waals surface area (Å²) in [6.07, 6.45) is 3.58. The molecule has 0 aromatic heterocycles. The second-order valence-electron chi connectivity index (χ2n) is 6.22. The van der Waals surface area contributed by atoms with Gasteiger partial charge in [-0.25, -0.2) is 0 Å². The number of allylic oxidation sites excluding steroid dienone is 2. The van der Waals surface area contributed by atoms with Crippen molar-refractivity contribution < 1.29 is 0 Å². The minimum absolute atomic E-state index is 0.453. The van der Waals surface area contributed by atoms with Crippen molar-refractivity contribution in [3.63, 3.8) is 0 Å². The van der Waals surface area contributed by atoms with Gasteiger partial charge < -0.3 is 0 Å². The van der Waals surface area contributed by atoms with Gasteiger partial charge in [-0.15, -0.1) is 0 Å². The molecule has 1 aliphatic rings. The average molecular weight is 296 g/mol. The largest absolute Gasteiger partial charge is 0.0725 e. The molecule has 0 spiro atoms.